The van der Waals surface area contributed by atoms with Crippen LogP contribution in [0, 0.1) is 11.3 Å². The van der Waals surface area contributed by atoms with Crippen LogP contribution in [0.4, 0.5) is 8.78 Å². The van der Waals surface area contributed by atoms with Gasteiger partial charge in [-0.25, -0.2) is 8.78 Å². The van der Waals surface area contributed by atoms with Crippen molar-refractivity contribution in [2.45, 2.75) is 40.0 Å². The third-order valence-corrected chi connectivity index (χ3v) is 2.39. The fraction of sp³-hybridized carbons (Fsp3) is 1.00. The molecule has 0 aromatic heterocycles. The quantitative estimate of drug-likeness (QED) is 0.603. The lowest BCUT2D eigenvalue weighted by Gasteiger charge is -2.30. The Morgan fingerprint density at radius 1 is 1.17 bits per heavy atom. The van der Waals surface area contributed by atoms with Crippen LogP contribution in [-0.4, -0.2) is 11.8 Å². The second-order valence-electron chi connectivity index (χ2n) is 4.49. The number of alkyl halides is 3. The third kappa shape index (κ3) is 4.91. The van der Waals surface area contributed by atoms with Gasteiger partial charge in [0.15, 0.2) is 0 Å². The van der Waals surface area contributed by atoms with Crippen LogP contribution in [0.25, 0.3) is 0 Å². The highest BCUT2D eigenvalue weighted by Crippen LogP contribution is 2.35. The maximum Gasteiger partial charge on any atom is 0.245 e. The Labute approximate surface area is 78.3 Å². The van der Waals surface area contributed by atoms with E-state index in [1.54, 1.807) is 0 Å². The molecule has 3 heteroatoms. The Kier molecular flexibility index (Phi) is 3.95. The number of hydrogen-bond acceptors (Lipinski definition) is 0. The molecule has 0 N–H and O–H groups in total. The zero-order valence-electron chi connectivity index (χ0n) is 8.13. The van der Waals surface area contributed by atoms with E-state index in [4.69, 9.17) is 11.6 Å². The van der Waals surface area contributed by atoms with Crippen molar-refractivity contribution in [3.63, 3.8) is 0 Å². The van der Waals surface area contributed by atoms with Crippen LogP contribution in [0.3, 0.4) is 0 Å². The highest BCUT2D eigenvalue weighted by atomic mass is 35.5. The maximum absolute atomic E-state index is 12.6. The second kappa shape index (κ2) is 3.91. The minimum atomic E-state index is -2.60. The van der Waals surface area contributed by atoms with E-state index in [1.165, 1.54) is 0 Å². The van der Waals surface area contributed by atoms with Gasteiger partial charge >= 0.3 is 0 Å². The molecule has 0 aromatic carbocycles. The number of rotatable bonds is 3. The summed E-state index contributed by atoms with van der Waals surface area (Å²) in [7, 11) is 0. The third-order valence-electron chi connectivity index (χ3n) is 2.02. The molecular formula is C9H17ClF2. The first kappa shape index (κ1) is 12.2. The summed E-state index contributed by atoms with van der Waals surface area (Å²) in [6.45, 7) is 6.75. The first-order chi connectivity index (χ1) is 5.17. The first-order valence-corrected chi connectivity index (χ1v) is 4.64. The summed E-state index contributed by atoms with van der Waals surface area (Å²) in [4.78, 5) is 0. The molecule has 0 amide bonds. The molecule has 0 nitrogen and oxygen atoms in total. The van der Waals surface area contributed by atoms with Crippen LogP contribution >= 0.6 is 11.6 Å². The van der Waals surface area contributed by atoms with Crippen molar-refractivity contribution in [2.24, 2.45) is 11.3 Å². The van der Waals surface area contributed by atoms with Crippen LogP contribution in [-0.2, 0) is 0 Å². The molecule has 12 heavy (non-hydrogen) atoms. The molecular weight excluding hydrogens is 182 g/mol. The molecule has 0 rings (SSSR count). The lowest BCUT2D eigenvalue weighted by Crippen LogP contribution is -2.28. The van der Waals surface area contributed by atoms with E-state index in [1.807, 2.05) is 20.8 Å². The van der Waals surface area contributed by atoms with Crippen molar-refractivity contribution >= 4 is 11.6 Å². The molecule has 0 bridgehead atoms. The minimum Gasteiger partial charge on any atom is -0.207 e. The topological polar surface area (TPSA) is 0 Å². The van der Waals surface area contributed by atoms with Gasteiger partial charge in [0.2, 0.25) is 5.92 Å². The fourth-order valence-electron chi connectivity index (χ4n) is 1.02. The molecule has 0 aliphatic rings. The van der Waals surface area contributed by atoms with Crippen LogP contribution in [0.5, 0.6) is 0 Å². The van der Waals surface area contributed by atoms with Gasteiger partial charge in [0.1, 0.15) is 0 Å². The van der Waals surface area contributed by atoms with E-state index in [-0.39, 0.29) is 17.8 Å². The fourth-order valence-corrected chi connectivity index (χ4v) is 1.60. The zero-order chi connectivity index (χ0) is 9.99. The van der Waals surface area contributed by atoms with Gasteiger partial charge < -0.3 is 0 Å². The van der Waals surface area contributed by atoms with E-state index in [2.05, 4.69) is 0 Å². The van der Waals surface area contributed by atoms with Gasteiger partial charge in [0.25, 0.3) is 0 Å². The van der Waals surface area contributed by atoms with Gasteiger partial charge in [0.05, 0.1) is 0 Å². The summed E-state index contributed by atoms with van der Waals surface area (Å²) in [6, 6.07) is 0. The molecule has 0 saturated heterocycles. The van der Waals surface area contributed by atoms with E-state index in [0.29, 0.717) is 5.88 Å². The molecule has 0 aliphatic carbocycles. The van der Waals surface area contributed by atoms with Gasteiger partial charge in [0, 0.05) is 12.3 Å². The summed E-state index contributed by atoms with van der Waals surface area (Å²) in [5, 5.41) is 0. The molecule has 0 heterocycles. The lowest BCUT2D eigenvalue weighted by atomic mass is 9.79. The summed E-state index contributed by atoms with van der Waals surface area (Å²) < 4.78 is 25.3. The normalized spacial score (nSPS) is 16.2. The monoisotopic (exact) mass is 198 g/mol. The van der Waals surface area contributed by atoms with Crippen molar-refractivity contribution < 1.29 is 8.78 Å². The Balaban J connectivity index is 4.20. The highest BCUT2D eigenvalue weighted by Gasteiger charge is 2.32. The molecule has 74 valence electrons. The molecule has 0 saturated carbocycles. The van der Waals surface area contributed by atoms with E-state index >= 15 is 0 Å². The van der Waals surface area contributed by atoms with Gasteiger partial charge in [-0.1, -0.05) is 20.8 Å². The Morgan fingerprint density at radius 3 is 1.67 bits per heavy atom. The van der Waals surface area contributed by atoms with Crippen LogP contribution < -0.4 is 0 Å². The highest BCUT2D eigenvalue weighted by molar-refractivity contribution is 6.18. The SMILES string of the molecule is CC(F)(F)CC(CCl)C(C)(C)C. The molecule has 1 unspecified atom stereocenters. The van der Waals surface area contributed by atoms with Crippen molar-refractivity contribution in [3.8, 4) is 0 Å². The van der Waals surface area contributed by atoms with Crippen LogP contribution in [0.15, 0.2) is 0 Å². The summed E-state index contributed by atoms with van der Waals surface area (Å²) in [6.07, 6.45) is -0.125. The average Bonchev–Trinajstić information content (AvgIpc) is 1.78. The second-order valence-corrected chi connectivity index (χ2v) is 4.80. The first-order valence-electron chi connectivity index (χ1n) is 4.10. The predicted molar refractivity (Wildman–Crippen MR) is 48.9 cm³/mol. The van der Waals surface area contributed by atoms with Gasteiger partial charge in [-0.05, 0) is 18.3 Å². The maximum atomic E-state index is 12.6. The largest absolute Gasteiger partial charge is 0.245 e. The Hall–Kier alpha value is 0.150. The predicted octanol–water partition coefficient (Wildman–Crippen LogP) is 3.93. The van der Waals surface area contributed by atoms with E-state index in [0.717, 1.165) is 6.92 Å². The summed E-state index contributed by atoms with van der Waals surface area (Å²) in [5.41, 5.74) is -0.138. The Bertz CT molecular complexity index is 132. The van der Waals surface area contributed by atoms with Crippen molar-refractivity contribution in [3.05, 3.63) is 0 Å². The molecule has 0 aromatic rings. The van der Waals surface area contributed by atoms with Gasteiger partial charge in [-0.15, -0.1) is 11.6 Å². The van der Waals surface area contributed by atoms with Crippen molar-refractivity contribution in [2.75, 3.05) is 5.88 Å². The van der Waals surface area contributed by atoms with Gasteiger partial charge in [-0.2, -0.15) is 0 Å². The summed E-state index contributed by atoms with van der Waals surface area (Å²) >= 11 is 5.62. The van der Waals surface area contributed by atoms with Crippen LogP contribution in [0.1, 0.15) is 34.1 Å². The minimum absolute atomic E-state index is 0.125. The molecule has 0 aliphatic heterocycles. The van der Waals surface area contributed by atoms with Crippen molar-refractivity contribution in [1.29, 1.82) is 0 Å². The summed E-state index contributed by atoms with van der Waals surface area (Å²) in [5.74, 6) is -2.43. The van der Waals surface area contributed by atoms with Crippen LogP contribution in [0.2, 0.25) is 0 Å². The molecule has 1 atom stereocenters. The molecule has 0 radical (unpaired) electrons. The van der Waals surface area contributed by atoms with E-state index < -0.39 is 5.92 Å². The Morgan fingerprint density at radius 2 is 1.58 bits per heavy atom. The number of hydrogen-bond donors (Lipinski definition) is 0. The lowest BCUT2D eigenvalue weighted by molar-refractivity contribution is -0.0165. The molecule has 0 spiro atoms. The number of halogens is 3. The smallest absolute Gasteiger partial charge is 0.207 e. The molecule has 0 fully saturated rings. The zero-order valence-corrected chi connectivity index (χ0v) is 8.88. The van der Waals surface area contributed by atoms with Gasteiger partial charge in [-0.3, -0.25) is 0 Å². The van der Waals surface area contributed by atoms with E-state index in [9.17, 15) is 8.78 Å². The van der Waals surface area contributed by atoms with Crippen molar-refractivity contribution in [1.82, 2.24) is 0 Å². The standard InChI is InChI=1S/C9H17ClF2/c1-8(2,3)7(6-10)5-9(4,11)12/h7H,5-6H2,1-4H3. The average molecular weight is 199 g/mol.